The summed E-state index contributed by atoms with van der Waals surface area (Å²) in [5.74, 6) is -0.163. The Labute approximate surface area is 195 Å². The highest BCUT2D eigenvalue weighted by molar-refractivity contribution is 5.83. The molecule has 0 fully saturated rings. The van der Waals surface area contributed by atoms with Crippen molar-refractivity contribution in [3.8, 4) is 0 Å². The minimum Gasteiger partial charge on any atom is -0.358 e. The first-order chi connectivity index (χ1) is 16.0. The van der Waals surface area contributed by atoms with Gasteiger partial charge in [-0.1, -0.05) is 48.5 Å². The van der Waals surface area contributed by atoms with Gasteiger partial charge >= 0.3 is 0 Å². The third-order valence-electron chi connectivity index (χ3n) is 6.82. The molecule has 5 nitrogen and oxygen atoms in total. The van der Waals surface area contributed by atoms with E-state index in [1.807, 2.05) is 49.4 Å². The maximum Gasteiger partial charge on any atom is 0.241 e. The summed E-state index contributed by atoms with van der Waals surface area (Å²) in [4.78, 5) is 15.4. The number of benzene rings is 2. The predicted octanol–water partition coefficient (Wildman–Crippen LogP) is 4.68. The summed E-state index contributed by atoms with van der Waals surface area (Å²) in [6, 6.07) is 15.1. The molecule has 1 aromatic heterocycles. The van der Waals surface area contributed by atoms with Gasteiger partial charge in [-0.3, -0.25) is 14.4 Å². The van der Waals surface area contributed by atoms with Crippen LogP contribution in [0.3, 0.4) is 0 Å². The highest BCUT2D eigenvalue weighted by Crippen LogP contribution is 2.40. The van der Waals surface area contributed by atoms with E-state index in [1.54, 1.807) is 20.0 Å². The molecule has 0 saturated heterocycles. The third-order valence-corrected chi connectivity index (χ3v) is 6.82. The molecule has 0 aliphatic carbocycles. The second-order valence-electron chi connectivity index (χ2n) is 8.78. The predicted molar refractivity (Wildman–Crippen MR) is 128 cm³/mol. The molecule has 0 unspecified atom stereocenters. The molecule has 0 saturated carbocycles. The lowest BCUT2D eigenvalue weighted by atomic mass is 9.88. The SMILES string of the molecule is CCn1nc(C)c2c1CCN([C@@H](C(=O)NC)c1ccccc1)[C@H]2CCc1cccc(C)c1F. The Morgan fingerprint density at radius 3 is 2.64 bits per heavy atom. The average molecular weight is 449 g/mol. The summed E-state index contributed by atoms with van der Waals surface area (Å²) >= 11 is 0. The van der Waals surface area contributed by atoms with Gasteiger partial charge in [0.2, 0.25) is 5.91 Å². The highest BCUT2D eigenvalue weighted by atomic mass is 19.1. The van der Waals surface area contributed by atoms with E-state index in [-0.39, 0.29) is 17.8 Å². The number of halogens is 1. The Bertz CT molecular complexity index is 1120. The maximum absolute atomic E-state index is 14.8. The topological polar surface area (TPSA) is 50.2 Å². The number of hydrogen-bond acceptors (Lipinski definition) is 3. The lowest BCUT2D eigenvalue weighted by molar-refractivity contribution is -0.127. The van der Waals surface area contributed by atoms with Gasteiger partial charge in [0.25, 0.3) is 0 Å². The molecule has 33 heavy (non-hydrogen) atoms. The van der Waals surface area contributed by atoms with Crippen LogP contribution in [-0.2, 0) is 24.2 Å². The van der Waals surface area contributed by atoms with Crippen LogP contribution in [0.25, 0.3) is 0 Å². The number of amides is 1. The van der Waals surface area contributed by atoms with Crippen molar-refractivity contribution in [2.24, 2.45) is 0 Å². The number of hydrogen-bond donors (Lipinski definition) is 1. The first kappa shape index (κ1) is 23.2. The van der Waals surface area contributed by atoms with Gasteiger partial charge in [-0.2, -0.15) is 5.10 Å². The van der Waals surface area contributed by atoms with Crippen molar-refractivity contribution < 1.29 is 9.18 Å². The Morgan fingerprint density at radius 2 is 1.94 bits per heavy atom. The standard InChI is InChI=1S/C27H33FN4O/c1-5-32-23-16-17-31(26(27(33)29-4)21-11-7-6-8-12-21)22(24(23)19(3)30-32)15-14-20-13-9-10-18(2)25(20)28/h6-13,22,26H,5,14-17H2,1-4H3,(H,29,33)/t22-,26+/m0/s1. The van der Waals surface area contributed by atoms with E-state index < -0.39 is 6.04 Å². The van der Waals surface area contributed by atoms with Gasteiger partial charge < -0.3 is 5.32 Å². The average Bonchev–Trinajstić information content (AvgIpc) is 3.17. The van der Waals surface area contributed by atoms with Gasteiger partial charge in [0.05, 0.1) is 5.69 Å². The van der Waals surface area contributed by atoms with Gasteiger partial charge in [0, 0.05) is 43.9 Å². The second kappa shape index (κ2) is 9.87. The first-order valence-electron chi connectivity index (χ1n) is 11.8. The van der Waals surface area contributed by atoms with Crippen LogP contribution >= 0.6 is 0 Å². The van der Waals surface area contributed by atoms with Crippen LogP contribution < -0.4 is 5.32 Å². The van der Waals surface area contributed by atoms with E-state index in [1.165, 1.54) is 11.3 Å². The number of carbonyl (C=O) groups is 1. The normalized spacial score (nSPS) is 16.9. The van der Waals surface area contributed by atoms with E-state index in [0.717, 1.165) is 36.3 Å². The fourth-order valence-electron chi connectivity index (χ4n) is 5.24. The number of nitrogens with zero attached hydrogens (tertiary/aromatic N) is 3. The zero-order chi connectivity index (χ0) is 23.5. The van der Waals surface area contributed by atoms with Crippen molar-refractivity contribution in [3.63, 3.8) is 0 Å². The molecule has 2 aromatic carbocycles. The minimum absolute atomic E-state index is 0.0306. The molecule has 6 heteroatoms. The van der Waals surface area contributed by atoms with Gasteiger partial charge in [0.15, 0.2) is 0 Å². The highest BCUT2D eigenvalue weighted by Gasteiger charge is 2.39. The number of carbonyl (C=O) groups excluding carboxylic acids is 1. The zero-order valence-corrected chi connectivity index (χ0v) is 19.9. The number of aromatic nitrogens is 2. The molecule has 2 heterocycles. The van der Waals surface area contributed by atoms with E-state index in [9.17, 15) is 9.18 Å². The summed E-state index contributed by atoms with van der Waals surface area (Å²) in [6.45, 7) is 7.51. The molecule has 3 aromatic rings. The summed E-state index contributed by atoms with van der Waals surface area (Å²) in [7, 11) is 1.69. The van der Waals surface area contributed by atoms with Crippen LogP contribution in [0.1, 0.15) is 59.1 Å². The van der Waals surface area contributed by atoms with Crippen molar-refractivity contribution in [2.75, 3.05) is 13.6 Å². The number of rotatable bonds is 7. The molecule has 174 valence electrons. The number of likely N-dealkylation sites (N-methyl/N-ethyl adjacent to an activating group) is 1. The van der Waals surface area contributed by atoms with Crippen LogP contribution in [0, 0.1) is 19.7 Å². The molecule has 2 atom stereocenters. The van der Waals surface area contributed by atoms with E-state index >= 15 is 0 Å². The molecule has 1 amide bonds. The molecule has 0 bridgehead atoms. The largest absolute Gasteiger partial charge is 0.358 e. The lowest BCUT2D eigenvalue weighted by Crippen LogP contribution is -2.45. The van der Waals surface area contributed by atoms with Crippen LogP contribution in [0.5, 0.6) is 0 Å². The number of nitrogens with one attached hydrogen (secondary N) is 1. The maximum atomic E-state index is 14.8. The molecular formula is C27H33FN4O. The van der Waals surface area contributed by atoms with Gasteiger partial charge in [-0.05, 0) is 50.3 Å². The molecule has 1 N–H and O–H groups in total. The summed E-state index contributed by atoms with van der Waals surface area (Å²) in [6.07, 6.45) is 2.14. The molecule has 1 aliphatic heterocycles. The Hall–Kier alpha value is -2.99. The van der Waals surface area contributed by atoms with Crippen LogP contribution in [-0.4, -0.2) is 34.2 Å². The van der Waals surface area contributed by atoms with Crippen LogP contribution in [0.4, 0.5) is 4.39 Å². The van der Waals surface area contributed by atoms with E-state index in [4.69, 9.17) is 5.10 Å². The van der Waals surface area contributed by atoms with Crippen LogP contribution in [0.15, 0.2) is 48.5 Å². The summed E-state index contributed by atoms with van der Waals surface area (Å²) < 4.78 is 16.9. The fraction of sp³-hybridized carbons (Fsp3) is 0.407. The van der Waals surface area contributed by atoms with E-state index in [0.29, 0.717) is 18.4 Å². The minimum atomic E-state index is -0.416. The Balaban J connectivity index is 1.76. The van der Waals surface area contributed by atoms with E-state index in [2.05, 4.69) is 21.8 Å². The lowest BCUT2D eigenvalue weighted by Gasteiger charge is -2.41. The van der Waals surface area contributed by atoms with Crippen molar-refractivity contribution in [1.82, 2.24) is 20.0 Å². The van der Waals surface area contributed by atoms with Crippen molar-refractivity contribution >= 4 is 5.91 Å². The van der Waals surface area contributed by atoms with Crippen molar-refractivity contribution in [3.05, 3.63) is 88.0 Å². The molecule has 0 spiro atoms. The number of aryl methyl sites for hydroxylation is 4. The quantitative estimate of drug-likeness (QED) is 0.571. The van der Waals surface area contributed by atoms with Crippen molar-refractivity contribution in [1.29, 1.82) is 0 Å². The first-order valence-corrected chi connectivity index (χ1v) is 11.8. The Kier molecular flexibility index (Phi) is 6.94. The van der Waals surface area contributed by atoms with Crippen molar-refractivity contribution in [2.45, 2.75) is 58.7 Å². The molecular weight excluding hydrogens is 415 g/mol. The second-order valence-corrected chi connectivity index (χ2v) is 8.78. The Morgan fingerprint density at radius 1 is 1.18 bits per heavy atom. The fourth-order valence-corrected chi connectivity index (χ4v) is 5.24. The van der Waals surface area contributed by atoms with Gasteiger partial charge in [-0.15, -0.1) is 0 Å². The number of fused-ring (bicyclic) bond motifs is 1. The summed E-state index contributed by atoms with van der Waals surface area (Å²) in [5.41, 5.74) is 5.78. The van der Waals surface area contributed by atoms with Crippen LogP contribution in [0.2, 0.25) is 0 Å². The monoisotopic (exact) mass is 448 g/mol. The smallest absolute Gasteiger partial charge is 0.241 e. The van der Waals surface area contributed by atoms with Gasteiger partial charge in [-0.25, -0.2) is 4.39 Å². The molecule has 4 rings (SSSR count). The molecule has 1 aliphatic rings. The summed E-state index contributed by atoms with van der Waals surface area (Å²) in [5, 5.41) is 7.66. The third kappa shape index (κ3) is 4.44. The van der Waals surface area contributed by atoms with Gasteiger partial charge in [0.1, 0.15) is 11.9 Å². The molecule has 0 radical (unpaired) electrons. The zero-order valence-electron chi connectivity index (χ0n) is 19.9.